The lowest BCUT2D eigenvalue weighted by Gasteiger charge is -2.27. The molecule has 0 amide bonds. The second kappa shape index (κ2) is 12.8. The molecule has 0 aromatic heterocycles. The number of rotatable bonds is 12. The summed E-state index contributed by atoms with van der Waals surface area (Å²) in [7, 11) is 0. The van der Waals surface area contributed by atoms with Crippen LogP contribution in [0.25, 0.3) is 0 Å². The first-order valence-corrected chi connectivity index (χ1v) is 12.0. The summed E-state index contributed by atoms with van der Waals surface area (Å²) in [5, 5.41) is 12.6. The number of unbranched alkanes of at least 4 members (excludes halogenated alkanes) is 2. The van der Waals surface area contributed by atoms with Gasteiger partial charge >= 0.3 is 11.9 Å². The van der Waals surface area contributed by atoms with E-state index in [0.29, 0.717) is 35.9 Å². The zero-order chi connectivity index (χ0) is 26.1. The van der Waals surface area contributed by atoms with Crippen LogP contribution >= 0.6 is 0 Å². The fourth-order valence-corrected chi connectivity index (χ4v) is 3.88. The molecule has 2 aromatic carbocycles. The molecule has 0 bridgehead atoms. The number of nitro groups is 1. The number of ether oxygens (including phenoxy) is 2. The molecule has 3 atom stereocenters. The molecule has 0 unspecified atom stereocenters. The molecule has 0 N–H and O–H groups in total. The molecule has 10 nitrogen and oxygen atoms in total. The van der Waals surface area contributed by atoms with Gasteiger partial charge in [-0.2, -0.15) is 0 Å². The number of carbonyl (C=O) groups is 3. The van der Waals surface area contributed by atoms with Crippen LogP contribution < -0.4 is 5.06 Å². The van der Waals surface area contributed by atoms with Gasteiger partial charge in [0.25, 0.3) is 5.69 Å². The van der Waals surface area contributed by atoms with E-state index in [9.17, 15) is 24.5 Å². The first-order chi connectivity index (χ1) is 17.4. The lowest BCUT2D eigenvalue weighted by Crippen LogP contribution is -2.37. The SMILES string of the molecule is CCCCOC(=O)[C@@H]1[C@@H](C(=O)OCCCC)ON(c2ccc(C=O)cc2)[C@@H]1c1ccc([N+](=O)[O-])cc1. The van der Waals surface area contributed by atoms with E-state index < -0.39 is 34.9 Å². The van der Waals surface area contributed by atoms with E-state index in [0.717, 1.165) is 12.8 Å². The number of nitro benzene ring substituents is 1. The van der Waals surface area contributed by atoms with Gasteiger partial charge < -0.3 is 9.47 Å². The van der Waals surface area contributed by atoms with E-state index in [1.165, 1.54) is 29.3 Å². The van der Waals surface area contributed by atoms with E-state index >= 15 is 0 Å². The highest BCUT2D eigenvalue weighted by molar-refractivity contribution is 5.86. The average molecular weight is 499 g/mol. The van der Waals surface area contributed by atoms with E-state index in [1.54, 1.807) is 24.3 Å². The quantitative estimate of drug-likeness (QED) is 0.136. The van der Waals surface area contributed by atoms with Crippen molar-refractivity contribution >= 4 is 29.6 Å². The maximum atomic E-state index is 13.3. The predicted octanol–water partition coefficient (Wildman–Crippen LogP) is 4.57. The predicted molar refractivity (Wildman–Crippen MR) is 130 cm³/mol. The van der Waals surface area contributed by atoms with Gasteiger partial charge in [0.1, 0.15) is 12.2 Å². The maximum Gasteiger partial charge on any atom is 0.339 e. The molecule has 0 spiro atoms. The minimum absolute atomic E-state index is 0.114. The van der Waals surface area contributed by atoms with E-state index in [-0.39, 0.29) is 18.9 Å². The highest BCUT2D eigenvalue weighted by Crippen LogP contribution is 2.44. The molecule has 2 aromatic rings. The van der Waals surface area contributed by atoms with Crippen LogP contribution in [0, 0.1) is 16.0 Å². The summed E-state index contributed by atoms with van der Waals surface area (Å²) >= 11 is 0. The van der Waals surface area contributed by atoms with Gasteiger partial charge in [-0.1, -0.05) is 38.8 Å². The summed E-state index contributed by atoms with van der Waals surface area (Å²) in [6.45, 7) is 4.29. The Morgan fingerprint density at radius 3 is 2.08 bits per heavy atom. The van der Waals surface area contributed by atoms with E-state index in [1.807, 2.05) is 13.8 Å². The smallest absolute Gasteiger partial charge is 0.339 e. The molecular weight excluding hydrogens is 468 g/mol. The molecule has 3 rings (SSSR count). The Balaban J connectivity index is 2.04. The van der Waals surface area contributed by atoms with Gasteiger partial charge in [-0.05, 0) is 42.7 Å². The fourth-order valence-electron chi connectivity index (χ4n) is 3.88. The first-order valence-electron chi connectivity index (χ1n) is 12.0. The highest BCUT2D eigenvalue weighted by atomic mass is 16.7. The Labute approximate surface area is 209 Å². The Kier molecular flexibility index (Phi) is 9.52. The monoisotopic (exact) mass is 498 g/mol. The van der Waals surface area contributed by atoms with Crippen LogP contribution in [0.4, 0.5) is 11.4 Å². The van der Waals surface area contributed by atoms with E-state index in [2.05, 4.69) is 0 Å². The largest absolute Gasteiger partial charge is 0.465 e. The van der Waals surface area contributed by atoms with Crippen LogP contribution in [0.3, 0.4) is 0 Å². The molecule has 36 heavy (non-hydrogen) atoms. The zero-order valence-electron chi connectivity index (χ0n) is 20.3. The molecule has 1 aliphatic rings. The summed E-state index contributed by atoms with van der Waals surface area (Å²) in [5.74, 6) is -2.42. The van der Waals surface area contributed by atoms with Gasteiger partial charge in [-0.15, -0.1) is 0 Å². The van der Waals surface area contributed by atoms with Crippen molar-refractivity contribution in [1.29, 1.82) is 0 Å². The number of aldehydes is 1. The molecule has 1 aliphatic heterocycles. The molecule has 1 heterocycles. The van der Waals surface area contributed by atoms with Crippen LogP contribution in [0.2, 0.25) is 0 Å². The standard InChI is InChI=1S/C26H30N2O8/c1-3-5-15-34-25(30)22-23(19-9-13-21(14-10-19)28(32)33)27(20-11-7-18(17-29)8-12-20)36-24(22)26(31)35-16-6-4-2/h7-14,17,22-24H,3-6,15-16H2,1-2H3/t22-,23+,24-/m0/s1. The molecule has 0 saturated carbocycles. The number of hydrogen-bond donors (Lipinski definition) is 0. The molecule has 192 valence electrons. The highest BCUT2D eigenvalue weighted by Gasteiger charge is 2.53. The molecular formula is C26H30N2O8. The lowest BCUT2D eigenvalue weighted by molar-refractivity contribution is -0.384. The van der Waals surface area contributed by atoms with Crippen LogP contribution in [0.15, 0.2) is 48.5 Å². The van der Waals surface area contributed by atoms with E-state index in [4.69, 9.17) is 14.3 Å². The van der Waals surface area contributed by atoms with Gasteiger partial charge in [0, 0.05) is 17.7 Å². The molecule has 10 heteroatoms. The minimum atomic E-state index is -1.29. The third-order valence-electron chi connectivity index (χ3n) is 5.86. The Bertz CT molecular complexity index is 1050. The normalized spacial score (nSPS) is 19.1. The Morgan fingerprint density at radius 2 is 1.56 bits per heavy atom. The van der Waals surface area contributed by atoms with Crippen LogP contribution in [-0.4, -0.2) is 42.5 Å². The topological polar surface area (TPSA) is 125 Å². The minimum Gasteiger partial charge on any atom is -0.465 e. The summed E-state index contributed by atoms with van der Waals surface area (Å²) in [6, 6.07) is 11.3. The zero-order valence-corrected chi connectivity index (χ0v) is 20.3. The van der Waals surface area contributed by atoms with Crippen molar-refractivity contribution in [3.05, 3.63) is 69.8 Å². The number of benzene rings is 2. The Hall–Kier alpha value is -3.79. The van der Waals surface area contributed by atoms with Crippen molar-refractivity contribution in [1.82, 2.24) is 0 Å². The summed E-state index contributed by atoms with van der Waals surface area (Å²) < 4.78 is 10.9. The second-order valence-corrected chi connectivity index (χ2v) is 8.42. The van der Waals surface area contributed by atoms with Crippen molar-refractivity contribution in [3.8, 4) is 0 Å². The lowest BCUT2D eigenvalue weighted by atomic mass is 9.89. The second-order valence-electron chi connectivity index (χ2n) is 8.42. The van der Waals surface area contributed by atoms with Gasteiger partial charge in [0.2, 0.25) is 0 Å². The van der Waals surface area contributed by atoms with Gasteiger partial charge in [0.05, 0.1) is 29.9 Å². The van der Waals surface area contributed by atoms with Crippen molar-refractivity contribution in [2.24, 2.45) is 5.92 Å². The third kappa shape index (κ3) is 6.25. The van der Waals surface area contributed by atoms with Crippen molar-refractivity contribution in [2.75, 3.05) is 18.3 Å². The fraction of sp³-hybridized carbons (Fsp3) is 0.423. The average Bonchev–Trinajstić information content (AvgIpc) is 3.30. The number of anilines is 1. The van der Waals surface area contributed by atoms with Crippen molar-refractivity contribution < 1.29 is 33.6 Å². The number of carbonyl (C=O) groups excluding carboxylic acids is 3. The van der Waals surface area contributed by atoms with Crippen molar-refractivity contribution in [3.63, 3.8) is 0 Å². The maximum absolute atomic E-state index is 13.3. The number of hydrogen-bond acceptors (Lipinski definition) is 9. The summed E-state index contributed by atoms with van der Waals surface area (Å²) in [4.78, 5) is 54.2. The molecule has 0 aliphatic carbocycles. The summed E-state index contributed by atoms with van der Waals surface area (Å²) in [5.41, 5.74) is 1.33. The van der Waals surface area contributed by atoms with Crippen LogP contribution in [0.1, 0.15) is 61.5 Å². The Morgan fingerprint density at radius 1 is 0.972 bits per heavy atom. The van der Waals surface area contributed by atoms with Gasteiger partial charge in [0.15, 0.2) is 6.10 Å². The van der Waals surface area contributed by atoms with Crippen molar-refractivity contribution in [2.45, 2.75) is 51.7 Å². The number of nitrogens with zero attached hydrogens (tertiary/aromatic N) is 2. The number of esters is 2. The summed E-state index contributed by atoms with van der Waals surface area (Å²) in [6.07, 6.45) is 2.36. The molecule has 0 radical (unpaired) electrons. The third-order valence-corrected chi connectivity index (χ3v) is 5.86. The van der Waals surface area contributed by atoms with Crippen LogP contribution in [0.5, 0.6) is 0 Å². The van der Waals surface area contributed by atoms with Gasteiger partial charge in [-0.25, -0.2) is 9.86 Å². The number of non-ortho nitro benzene ring substituents is 1. The first kappa shape index (κ1) is 26.8. The van der Waals surface area contributed by atoms with Gasteiger partial charge in [-0.3, -0.25) is 24.5 Å². The number of hydroxylamine groups is 1. The van der Waals surface area contributed by atoms with Crippen LogP contribution in [-0.2, 0) is 23.9 Å². The molecule has 1 fully saturated rings. The molecule has 1 saturated heterocycles.